The van der Waals surface area contributed by atoms with E-state index >= 15 is 0 Å². The van der Waals surface area contributed by atoms with E-state index in [1.807, 2.05) is 0 Å². The van der Waals surface area contributed by atoms with Crippen LogP contribution in [0, 0.1) is 0 Å². The van der Waals surface area contributed by atoms with E-state index in [2.05, 4.69) is 43.7 Å². The first kappa shape index (κ1) is 13.1. The molecule has 0 aromatic heterocycles. The predicted molar refractivity (Wildman–Crippen MR) is 68.0 cm³/mol. The average molecular weight is 217 g/mol. The molecule has 13 heavy (non-hydrogen) atoms. The lowest BCUT2D eigenvalue weighted by Gasteiger charge is -2.12. The first-order valence-corrected chi connectivity index (χ1v) is 6.94. The molecule has 1 atom stereocenters. The van der Waals surface area contributed by atoms with Crippen molar-refractivity contribution in [3.63, 3.8) is 0 Å². The third-order valence-corrected chi connectivity index (χ3v) is 3.10. The maximum absolute atomic E-state index is 4.60. The van der Waals surface area contributed by atoms with E-state index in [4.69, 9.17) is 0 Å². The summed E-state index contributed by atoms with van der Waals surface area (Å²) < 4.78 is 0. The highest BCUT2D eigenvalue weighted by atomic mass is 32.2. The van der Waals surface area contributed by atoms with Crippen molar-refractivity contribution >= 4 is 29.2 Å². The highest BCUT2D eigenvalue weighted by molar-refractivity contribution is 8.05. The first-order valence-electron chi connectivity index (χ1n) is 4.43. The fraction of sp³-hybridized carbons (Fsp3) is 0.700. The van der Waals surface area contributed by atoms with Gasteiger partial charge in [0, 0.05) is 10.6 Å². The van der Waals surface area contributed by atoms with Crippen molar-refractivity contribution in [2.24, 2.45) is 4.99 Å². The fourth-order valence-electron chi connectivity index (χ4n) is 1.05. The Morgan fingerprint density at radius 3 is 2.31 bits per heavy atom. The summed E-state index contributed by atoms with van der Waals surface area (Å²) in [6.45, 7) is 6.29. The minimum absolute atomic E-state index is 0.368. The molecular formula is C10H19NS2. The molecule has 0 rings (SSSR count). The predicted octanol–water partition coefficient (Wildman–Crippen LogP) is 3.81. The summed E-state index contributed by atoms with van der Waals surface area (Å²) in [5, 5.41) is 2.20. The van der Waals surface area contributed by atoms with E-state index in [0.717, 1.165) is 12.1 Å². The van der Waals surface area contributed by atoms with E-state index in [0.29, 0.717) is 6.04 Å². The van der Waals surface area contributed by atoms with Gasteiger partial charge in [0.25, 0.3) is 0 Å². The molecule has 1 nitrogen and oxygen atoms in total. The highest BCUT2D eigenvalue weighted by Gasteiger charge is 2.08. The van der Waals surface area contributed by atoms with E-state index in [1.54, 1.807) is 23.5 Å². The number of hydrogen-bond donors (Lipinski definition) is 0. The van der Waals surface area contributed by atoms with Gasteiger partial charge in [-0.1, -0.05) is 6.92 Å². The molecule has 0 radical (unpaired) electrons. The third-order valence-electron chi connectivity index (χ3n) is 1.60. The molecule has 0 aromatic rings. The quantitative estimate of drug-likeness (QED) is 0.649. The molecule has 0 saturated heterocycles. The van der Waals surface area contributed by atoms with Crippen molar-refractivity contribution in [3.05, 3.63) is 10.3 Å². The average Bonchev–Trinajstić information content (AvgIpc) is 2.10. The van der Waals surface area contributed by atoms with Gasteiger partial charge < -0.3 is 0 Å². The fourth-order valence-corrected chi connectivity index (χ4v) is 2.60. The van der Waals surface area contributed by atoms with Gasteiger partial charge in [0.1, 0.15) is 0 Å². The summed E-state index contributed by atoms with van der Waals surface area (Å²) >= 11 is 3.56. The van der Waals surface area contributed by atoms with Gasteiger partial charge in [-0.3, -0.25) is 4.99 Å². The molecule has 1 unspecified atom stereocenters. The summed E-state index contributed by atoms with van der Waals surface area (Å²) in [6.07, 6.45) is 5.29. The van der Waals surface area contributed by atoms with Crippen LogP contribution in [0.4, 0.5) is 0 Å². The molecule has 0 aliphatic rings. The van der Waals surface area contributed by atoms with Gasteiger partial charge in [0.05, 0.1) is 6.04 Å². The smallest absolute Gasteiger partial charge is 0.0808 e. The van der Waals surface area contributed by atoms with Crippen molar-refractivity contribution in [2.75, 3.05) is 12.5 Å². The zero-order valence-electron chi connectivity index (χ0n) is 9.13. The Bertz CT molecular complexity index is 193. The summed E-state index contributed by atoms with van der Waals surface area (Å²) in [4.78, 5) is 5.97. The standard InChI is InChI=1S/C10H19NS2/c1-6-9(11-8(2)3)10(13-5)7-12-4/h7,9H,6H2,1-5H3/b10-7-. The van der Waals surface area contributed by atoms with Gasteiger partial charge >= 0.3 is 0 Å². The minimum Gasteiger partial charge on any atom is -0.286 e. The maximum Gasteiger partial charge on any atom is 0.0808 e. The van der Waals surface area contributed by atoms with Gasteiger partial charge in [-0.2, -0.15) is 0 Å². The van der Waals surface area contributed by atoms with Crippen LogP contribution < -0.4 is 0 Å². The van der Waals surface area contributed by atoms with Gasteiger partial charge in [-0.25, -0.2) is 0 Å². The molecule has 0 fully saturated rings. The number of aliphatic imine (C=N–C) groups is 1. The second kappa shape index (κ2) is 7.51. The second-order valence-electron chi connectivity index (χ2n) is 2.96. The Labute approximate surface area is 90.5 Å². The zero-order valence-corrected chi connectivity index (χ0v) is 10.8. The van der Waals surface area contributed by atoms with Crippen LogP contribution in [0.15, 0.2) is 15.3 Å². The number of thioether (sulfide) groups is 2. The summed E-state index contributed by atoms with van der Waals surface area (Å²) in [7, 11) is 0. The first-order chi connectivity index (χ1) is 6.15. The van der Waals surface area contributed by atoms with Gasteiger partial charge in [0.15, 0.2) is 0 Å². The van der Waals surface area contributed by atoms with Crippen molar-refractivity contribution in [3.8, 4) is 0 Å². The summed E-state index contributed by atoms with van der Waals surface area (Å²) in [5.41, 5.74) is 1.16. The summed E-state index contributed by atoms with van der Waals surface area (Å²) in [5.74, 6) is 0. The maximum atomic E-state index is 4.60. The lowest BCUT2D eigenvalue weighted by atomic mass is 10.2. The zero-order chi connectivity index (χ0) is 10.3. The molecule has 0 aliphatic carbocycles. The Balaban J connectivity index is 4.53. The van der Waals surface area contributed by atoms with Crippen molar-refractivity contribution in [1.29, 1.82) is 0 Å². The van der Waals surface area contributed by atoms with Crippen LogP contribution in [0.25, 0.3) is 0 Å². The monoisotopic (exact) mass is 217 g/mol. The van der Waals surface area contributed by atoms with E-state index in [9.17, 15) is 0 Å². The largest absolute Gasteiger partial charge is 0.286 e. The van der Waals surface area contributed by atoms with Gasteiger partial charge in [-0.05, 0) is 38.2 Å². The lowest BCUT2D eigenvalue weighted by molar-refractivity contribution is 0.774. The Morgan fingerprint density at radius 1 is 1.38 bits per heavy atom. The van der Waals surface area contributed by atoms with Crippen LogP contribution >= 0.6 is 23.5 Å². The van der Waals surface area contributed by atoms with Crippen LogP contribution in [0.3, 0.4) is 0 Å². The second-order valence-corrected chi connectivity index (χ2v) is 4.55. The van der Waals surface area contributed by atoms with Gasteiger partial charge in [-0.15, -0.1) is 23.5 Å². The van der Waals surface area contributed by atoms with E-state index < -0.39 is 0 Å². The topological polar surface area (TPSA) is 12.4 Å². The SMILES string of the molecule is CCC(N=C(C)C)/C(=C/SC)SC. The van der Waals surface area contributed by atoms with Crippen LogP contribution in [0.2, 0.25) is 0 Å². The molecule has 76 valence electrons. The lowest BCUT2D eigenvalue weighted by Crippen LogP contribution is -2.06. The van der Waals surface area contributed by atoms with Gasteiger partial charge in [0.2, 0.25) is 0 Å². The van der Waals surface area contributed by atoms with Crippen molar-refractivity contribution < 1.29 is 0 Å². The molecular weight excluding hydrogens is 198 g/mol. The van der Waals surface area contributed by atoms with Crippen LogP contribution in [0.5, 0.6) is 0 Å². The minimum atomic E-state index is 0.368. The molecule has 0 aromatic carbocycles. The number of hydrogen-bond acceptors (Lipinski definition) is 3. The van der Waals surface area contributed by atoms with E-state index in [1.165, 1.54) is 4.91 Å². The van der Waals surface area contributed by atoms with Crippen molar-refractivity contribution in [1.82, 2.24) is 0 Å². The van der Waals surface area contributed by atoms with Crippen LogP contribution in [-0.2, 0) is 0 Å². The molecule has 0 bridgehead atoms. The Morgan fingerprint density at radius 2 is 2.00 bits per heavy atom. The number of nitrogens with zero attached hydrogens (tertiary/aromatic N) is 1. The molecule has 0 N–H and O–H groups in total. The molecule has 0 spiro atoms. The molecule has 0 saturated carbocycles. The molecule has 0 aliphatic heterocycles. The normalized spacial score (nSPS) is 14.1. The molecule has 0 heterocycles. The third kappa shape index (κ3) is 5.42. The van der Waals surface area contributed by atoms with Crippen molar-refractivity contribution in [2.45, 2.75) is 33.2 Å². The highest BCUT2D eigenvalue weighted by Crippen LogP contribution is 2.24. The van der Waals surface area contributed by atoms with E-state index in [-0.39, 0.29) is 0 Å². The van der Waals surface area contributed by atoms with Crippen LogP contribution in [0.1, 0.15) is 27.2 Å². The summed E-state index contributed by atoms with van der Waals surface area (Å²) in [6, 6.07) is 0.368. The Hall–Kier alpha value is 0.110. The number of rotatable bonds is 5. The molecule has 0 amide bonds. The molecule has 3 heteroatoms. The Kier molecular flexibility index (Phi) is 7.57. The van der Waals surface area contributed by atoms with Crippen LogP contribution in [-0.4, -0.2) is 24.3 Å².